The summed E-state index contributed by atoms with van der Waals surface area (Å²) in [6.07, 6.45) is 2.79. The highest BCUT2D eigenvalue weighted by Gasteiger charge is 2.34. The minimum atomic E-state index is -0.470. The van der Waals surface area contributed by atoms with Gasteiger partial charge < -0.3 is 14.2 Å². The highest BCUT2D eigenvalue weighted by molar-refractivity contribution is 5.87. The van der Waals surface area contributed by atoms with Crippen LogP contribution in [0.5, 0.6) is 5.75 Å². The number of halogens is 1. The van der Waals surface area contributed by atoms with E-state index in [9.17, 15) is 9.18 Å². The minimum absolute atomic E-state index is 0.0737. The van der Waals surface area contributed by atoms with Gasteiger partial charge >= 0.3 is 5.97 Å². The van der Waals surface area contributed by atoms with Gasteiger partial charge in [-0.1, -0.05) is 13.0 Å². The molecular formula is C15H17FO4. The first-order valence-electron chi connectivity index (χ1n) is 6.29. The van der Waals surface area contributed by atoms with E-state index in [1.54, 1.807) is 6.07 Å². The maximum Gasteiger partial charge on any atom is 0.330 e. The Labute approximate surface area is 117 Å². The average Bonchev–Trinajstić information content (AvgIpc) is 2.41. The van der Waals surface area contributed by atoms with Crippen LogP contribution in [0.3, 0.4) is 0 Å². The molecule has 0 N–H and O–H groups in total. The molecular weight excluding hydrogens is 263 g/mol. The molecule has 1 aromatic carbocycles. The number of carbonyl (C=O) groups is 1. The van der Waals surface area contributed by atoms with E-state index in [0.717, 1.165) is 0 Å². The van der Waals surface area contributed by atoms with E-state index in [0.29, 0.717) is 25.4 Å². The van der Waals surface area contributed by atoms with E-state index < -0.39 is 11.8 Å². The maximum absolute atomic E-state index is 13.4. The van der Waals surface area contributed by atoms with Crippen molar-refractivity contribution >= 4 is 12.0 Å². The molecule has 0 saturated carbocycles. The lowest BCUT2D eigenvalue weighted by Gasteiger charge is -2.36. The second kappa shape index (κ2) is 6.05. The molecule has 1 aliphatic rings. The molecule has 0 aliphatic carbocycles. The van der Waals surface area contributed by atoms with Crippen molar-refractivity contribution in [1.29, 1.82) is 0 Å². The van der Waals surface area contributed by atoms with Crippen LogP contribution < -0.4 is 4.74 Å². The van der Waals surface area contributed by atoms with Gasteiger partial charge in [0, 0.05) is 11.5 Å². The summed E-state index contributed by atoms with van der Waals surface area (Å²) < 4.78 is 28.5. The first kappa shape index (κ1) is 14.5. The Hall–Kier alpha value is -1.88. The van der Waals surface area contributed by atoms with E-state index >= 15 is 0 Å². The van der Waals surface area contributed by atoms with Gasteiger partial charge in [0.2, 0.25) is 0 Å². The van der Waals surface area contributed by atoms with Gasteiger partial charge in [0.15, 0.2) is 11.6 Å². The number of ether oxygens (including phenoxy) is 3. The Morgan fingerprint density at radius 2 is 2.25 bits per heavy atom. The van der Waals surface area contributed by atoms with Gasteiger partial charge in [-0.15, -0.1) is 0 Å². The molecule has 4 nitrogen and oxygen atoms in total. The van der Waals surface area contributed by atoms with E-state index in [2.05, 4.69) is 0 Å². The maximum atomic E-state index is 13.4. The zero-order valence-electron chi connectivity index (χ0n) is 11.5. The van der Waals surface area contributed by atoms with Crippen LogP contribution in [0.2, 0.25) is 0 Å². The quantitative estimate of drug-likeness (QED) is 0.614. The van der Waals surface area contributed by atoms with Crippen LogP contribution in [0.25, 0.3) is 6.08 Å². The molecule has 20 heavy (non-hydrogen) atoms. The van der Waals surface area contributed by atoms with Crippen LogP contribution in [0, 0.1) is 11.2 Å². The number of methoxy groups -OCH3 is 1. The van der Waals surface area contributed by atoms with Crippen molar-refractivity contribution in [3.05, 3.63) is 35.7 Å². The summed E-state index contributed by atoms with van der Waals surface area (Å²) in [7, 11) is 1.40. The zero-order valence-corrected chi connectivity index (χ0v) is 11.5. The van der Waals surface area contributed by atoms with Gasteiger partial charge in [0.05, 0.1) is 20.3 Å². The Balaban J connectivity index is 1.88. The summed E-state index contributed by atoms with van der Waals surface area (Å²) >= 11 is 0. The standard InChI is InChI=1S/C15H17FO4/c1-15(8-19-9-15)10-20-14(17)6-4-11-3-5-13(18-2)12(16)7-11/h3-7H,8-10H2,1-2H3. The monoisotopic (exact) mass is 280 g/mol. The van der Waals surface area contributed by atoms with Crippen LogP contribution in [0.1, 0.15) is 12.5 Å². The van der Waals surface area contributed by atoms with Crippen molar-refractivity contribution in [3.63, 3.8) is 0 Å². The fraction of sp³-hybridized carbons (Fsp3) is 0.400. The first-order valence-corrected chi connectivity index (χ1v) is 6.29. The summed E-state index contributed by atoms with van der Waals surface area (Å²) in [4.78, 5) is 11.5. The van der Waals surface area contributed by atoms with Gasteiger partial charge in [-0.05, 0) is 23.8 Å². The fourth-order valence-electron chi connectivity index (χ4n) is 1.78. The molecule has 0 unspecified atom stereocenters. The molecule has 2 rings (SSSR count). The Bertz CT molecular complexity index is 521. The molecule has 0 bridgehead atoms. The molecule has 0 aromatic heterocycles. The molecule has 5 heteroatoms. The van der Waals surface area contributed by atoms with Gasteiger partial charge in [-0.2, -0.15) is 0 Å². The van der Waals surface area contributed by atoms with Gasteiger partial charge in [0.1, 0.15) is 6.61 Å². The number of rotatable bonds is 5. The summed E-state index contributed by atoms with van der Waals surface area (Å²) in [5.74, 6) is -0.751. The molecule has 0 spiro atoms. The number of esters is 1. The normalized spacial score (nSPS) is 16.8. The van der Waals surface area contributed by atoms with E-state index in [4.69, 9.17) is 14.2 Å². The van der Waals surface area contributed by atoms with Crippen molar-refractivity contribution in [2.45, 2.75) is 6.92 Å². The summed E-state index contributed by atoms with van der Waals surface area (Å²) in [6.45, 7) is 3.53. The Morgan fingerprint density at radius 3 is 2.80 bits per heavy atom. The number of hydrogen-bond donors (Lipinski definition) is 0. The van der Waals surface area contributed by atoms with Crippen molar-refractivity contribution in [3.8, 4) is 5.75 Å². The SMILES string of the molecule is COc1ccc(C=CC(=O)OCC2(C)COC2)cc1F. The van der Waals surface area contributed by atoms with Crippen molar-refractivity contribution in [2.75, 3.05) is 26.9 Å². The molecule has 1 saturated heterocycles. The molecule has 0 radical (unpaired) electrons. The molecule has 0 atom stereocenters. The van der Waals surface area contributed by atoms with E-state index in [-0.39, 0.29) is 11.2 Å². The van der Waals surface area contributed by atoms with Gasteiger partial charge in [0.25, 0.3) is 0 Å². The topological polar surface area (TPSA) is 44.8 Å². The molecule has 0 amide bonds. The largest absolute Gasteiger partial charge is 0.494 e. The lowest BCUT2D eigenvalue weighted by atomic mass is 9.90. The smallest absolute Gasteiger partial charge is 0.330 e. The third-order valence-electron chi connectivity index (χ3n) is 3.05. The van der Waals surface area contributed by atoms with Crippen LogP contribution in [0.4, 0.5) is 4.39 Å². The third-order valence-corrected chi connectivity index (χ3v) is 3.05. The summed E-state index contributed by atoms with van der Waals surface area (Å²) in [6, 6.07) is 4.46. The van der Waals surface area contributed by atoms with Crippen LogP contribution in [0.15, 0.2) is 24.3 Å². The van der Waals surface area contributed by atoms with Crippen molar-refractivity contribution in [1.82, 2.24) is 0 Å². The number of hydrogen-bond acceptors (Lipinski definition) is 4. The highest BCUT2D eigenvalue weighted by Crippen LogP contribution is 2.26. The highest BCUT2D eigenvalue weighted by atomic mass is 19.1. The summed E-state index contributed by atoms with van der Waals surface area (Å²) in [5, 5.41) is 0. The molecule has 1 aliphatic heterocycles. The first-order chi connectivity index (χ1) is 9.52. The third kappa shape index (κ3) is 3.57. The second-order valence-electron chi connectivity index (χ2n) is 5.14. The van der Waals surface area contributed by atoms with Crippen LogP contribution in [-0.4, -0.2) is 32.9 Å². The molecule has 1 aromatic rings. The van der Waals surface area contributed by atoms with Crippen LogP contribution in [-0.2, 0) is 14.3 Å². The van der Waals surface area contributed by atoms with Gasteiger partial charge in [-0.25, -0.2) is 9.18 Å². The minimum Gasteiger partial charge on any atom is -0.494 e. The number of carbonyl (C=O) groups excluding carboxylic acids is 1. The molecule has 1 heterocycles. The lowest BCUT2D eigenvalue weighted by molar-refractivity contribution is -0.160. The average molecular weight is 280 g/mol. The van der Waals surface area contributed by atoms with Gasteiger partial charge in [-0.3, -0.25) is 0 Å². The van der Waals surface area contributed by atoms with Crippen molar-refractivity contribution in [2.24, 2.45) is 5.41 Å². The molecule has 108 valence electrons. The van der Waals surface area contributed by atoms with E-state index in [1.807, 2.05) is 6.92 Å². The Kier molecular flexibility index (Phi) is 4.39. The number of benzene rings is 1. The lowest BCUT2D eigenvalue weighted by Crippen LogP contribution is -2.43. The predicted octanol–water partition coefficient (Wildman–Crippen LogP) is 2.43. The Morgan fingerprint density at radius 1 is 1.50 bits per heavy atom. The second-order valence-corrected chi connectivity index (χ2v) is 5.14. The predicted molar refractivity (Wildman–Crippen MR) is 71.9 cm³/mol. The summed E-state index contributed by atoms with van der Waals surface area (Å²) in [5.41, 5.74) is 0.494. The van der Waals surface area contributed by atoms with E-state index in [1.165, 1.54) is 31.4 Å². The fourth-order valence-corrected chi connectivity index (χ4v) is 1.78. The molecule has 1 fully saturated rings. The zero-order chi connectivity index (χ0) is 14.6. The van der Waals surface area contributed by atoms with Crippen molar-refractivity contribution < 1.29 is 23.4 Å². The van der Waals surface area contributed by atoms with Crippen LogP contribution >= 0.6 is 0 Å².